The Morgan fingerprint density at radius 3 is 1.98 bits per heavy atom. The smallest absolute Gasteiger partial charge is 0.407 e. The number of carbonyl (C=O) groups is 5. The molecule has 4 amide bonds. The number of alkyl carbamates (subject to hydrolysis) is 2. The van der Waals surface area contributed by atoms with Gasteiger partial charge in [-0.25, -0.2) is 19.4 Å². The highest BCUT2D eigenvalue weighted by Crippen LogP contribution is 2.25. The maximum Gasteiger partial charge on any atom is 0.407 e. The minimum Gasteiger partial charge on any atom is -0.453 e. The monoisotopic (exact) mass is 676 g/mol. The number of hydroxylamine groups is 2. The van der Waals surface area contributed by atoms with Crippen LogP contribution in [0, 0.1) is 17.8 Å². The van der Waals surface area contributed by atoms with Crippen LogP contribution in [0.25, 0.3) is 0 Å². The Kier molecular flexibility index (Phi) is 17.7. The molecule has 0 unspecified atom stereocenters. The number of aryl methyl sites for hydroxylation is 1. The van der Waals surface area contributed by atoms with Crippen molar-refractivity contribution < 1.29 is 38.3 Å². The van der Waals surface area contributed by atoms with E-state index < -0.39 is 48.1 Å². The van der Waals surface area contributed by atoms with E-state index in [9.17, 15) is 24.0 Å². The molecule has 1 saturated carbocycles. The van der Waals surface area contributed by atoms with Crippen LogP contribution in [-0.2, 0) is 35.1 Å². The third kappa shape index (κ3) is 13.7. The van der Waals surface area contributed by atoms with Crippen molar-refractivity contribution in [3.63, 3.8) is 0 Å². The van der Waals surface area contributed by atoms with Crippen molar-refractivity contribution in [2.45, 2.75) is 90.8 Å². The summed E-state index contributed by atoms with van der Waals surface area (Å²) in [6, 6.07) is 6.98. The van der Waals surface area contributed by atoms with Gasteiger partial charge in [0.2, 0.25) is 0 Å². The lowest BCUT2D eigenvalue weighted by Crippen LogP contribution is -2.60. The molecule has 3 atom stereocenters. The van der Waals surface area contributed by atoms with Crippen LogP contribution < -0.4 is 21.4 Å². The molecule has 0 radical (unpaired) electrons. The van der Waals surface area contributed by atoms with Crippen molar-refractivity contribution in [2.75, 3.05) is 40.9 Å². The standard InChI is InChI=1S/C34H56N6O8/c1-23(2)29(36-33(44)46-6)31(42)38-39(21-26-16-12-9-13-17-26)22-27(19-18-25-14-10-8-11-15-25)40(48-28(41)20-35-5)32(43)30(24(3)4)37-34(45)47-7/h8,10-11,14-15,23-24,26-27,29-30,35H,9,12-13,16-22H2,1-7H3,(H,36,44)(H,37,45)(H,38,42)/t27-,29-,30-/m0/s1. The topological polar surface area (TPSA) is 168 Å². The number of hydrogen-bond acceptors (Lipinski definition) is 10. The van der Waals surface area contributed by atoms with Crippen molar-refractivity contribution in [1.29, 1.82) is 0 Å². The second kappa shape index (κ2) is 21.1. The van der Waals surface area contributed by atoms with Crippen molar-refractivity contribution in [2.24, 2.45) is 17.8 Å². The second-order valence-corrected chi connectivity index (χ2v) is 12.9. The molecule has 0 aliphatic heterocycles. The zero-order valence-corrected chi connectivity index (χ0v) is 29.6. The number of ether oxygens (including phenoxy) is 2. The number of carbonyl (C=O) groups excluding carboxylic acids is 5. The van der Waals surface area contributed by atoms with Crippen molar-refractivity contribution >= 4 is 30.0 Å². The maximum atomic E-state index is 14.3. The third-order valence-corrected chi connectivity index (χ3v) is 8.38. The molecule has 2 rings (SSSR count). The maximum absolute atomic E-state index is 14.3. The molecule has 4 N–H and O–H groups in total. The number of amides is 4. The number of hydrogen-bond donors (Lipinski definition) is 4. The number of rotatable bonds is 17. The van der Waals surface area contributed by atoms with Crippen LogP contribution in [0.2, 0.25) is 0 Å². The summed E-state index contributed by atoms with van der Waals surface area (Å²) in [5, 5.41) is 10.8. The second-order valence-electron chi connectivity index (χ2n) is 12.9. The normalized spacial score (nSPS) is 15.3. The fourth-order valence-corrected chi connectivity index (χ4v) is 5.73. The highest BCUT2D eigenvalue weighted by molar-refractivity contribution is 5.87. The molecule has 1 aromatic rings. The van der Waals surface area contributed by atoms with Gasteiger partial charge in [0.05, 0.1) is 26.8 Å². The average Bonchev–Trinajstić information content (AvgIpc) is 3.06. The number of likely N-dealkylation sites (N-methyl/N-ethyl adjacent to an activating group) is 1. The molecule has 1 aromatic carbocycles. The Hall–Kier alpha value is -3.91. The van der Waals surface area contributed by atoms with Gasteiger partial charge in [-0.2, -0.15) is 5.06 Å². The quantitative estimate of drug-likeness (QED) is 0.180. The van der Waals surface area contributed by atoms with Gasteiger partial charge < -0.3 is 30.3 Å². The first-order valence-corrected chi connectivity index (χ1v) is 16.9. The van der Waals surface area contributed by atoms with Crippen molar-refractivity contribution in [1.82, 2.24) is 31.4 Å². The lowest BCUT2D eigenvalue weighted by molar-refractivity contribution is -0.211. The van der Waals surface area contributed by atoms with Crippen molar-refractivity contribution in [3.8, 4) is 0 Å². The molecule has 0 aromatic heterocycles. The molecular weight excluding hydrogens is 620 g/mol. The minimum absolute atomic E-state index is 0.0970. The predicted octanol–water partition coefficient (Wildman–Crippen LogP) is 3.17. The van der Waals surface area contributed by atoms with E-state index in [-0.39, 0.29) is 30.8 Å². The molecule has 0 bridgehead atoms. The minimum atomic E-state index is -1.07. The number of nitrogens with zero attached hydrogens (tertiary/aromatic N) is 2. The Bertz CT molecular complexity index is 1160. The van der Waals surface area contributed by atoms with Gasteiger partial charge in [0, 0.05) is 13.1 Å². The molecule has 1 aliphatic rings. The first kappa shape index (κ1) is 40.3. The summed E-state index contributed by atoms with van der Waals surface area (Å²) in [4.78, 5) is 71.1. The van der Waals surface area contributed by atoms with E-state index >= 15 is 0 Å². The van der Waals surface area contributed by atoms with E-state index in [0.29, 0.717) is 19.4 Å². The predicted molar refractivity (Wildman–Crippen MR) is 180 cm³/mol. The Morgan fingerprint density at radius 1 is 0.854 bits per heavy atom. The summed E-state index contributed by atoms with van der Waals surface area (Å²) in [5.41, 5.74) is 4.02. The largest absolute Gasteiger partial charge is 0.453 e. The van der Waals surface area contributed by atoms with Crippen LogP contribution in [0.5, 0.6) is 0 Å². The van der Waals surface area contributed by atoms with Gasteiger partial charge in [-0.05, 0) is 56.0 Å². The van der Waals surface area contributed by atoms with Gasteiger partial charge in [-0.3, -0.25) is 15.0 Å². The van der Waals surface area contributed by atoms with Crippen molar-refractivity contribution in [3.05, 3.63) is 35.9 Å². The number of benzene rings is 1. The van der Waals surface area contributed by atoms with E-state index in [1.165, 1.54) is 14.2 Å². The van der Waals surface area contributed by atoms with Crippen LogP contribution in [0.4, 0.5) is 9.59 Å². The van der Waals surface area contributed by atoms with Crippen LogP contribution >= 0.6 is 0 Å². The van der Waals surface area contributed by atoms with Gasteiger partial charge in [-0.1, -0.05) is 77.3 Å². The summed E-state index contributed by atoms with van der Waals surface area (Å²) >= 11 is 0. The van der Waals surface area contributed by atoms with Gasteiger partial charge in [0.15, 0.2) is 0 Å². The molecule has 48 heavy (non-hydrogen) atoms. The van der Waals surface area contributed by atoms with E-state index in [2.05, 4.69) is 21.4 Å². The molecule has 1 fully saturated rings. The highest BCUT2D eigenvalue weighted by Gasteiger charge is 2.38. The molecule has 270 valence electrons. The molecule has 0 spiro atoms. The fraction of sp³-hybridized carbons (Fsp3) is 0.676. The summed E-state index contributed by atoms with van der Waals surface area (Å²) in [6.07, 6.45) is 4.61. The van der Waals surface area contributed by atoms with Gasteiger partial charge in [0.1, 0.15) is 12.1 Å². The van der Waals surface area contributed by atoms with E-state index in [1.807, 2.05) is 44.2 Å². The van der Waals surface area contributed by atoms with Crippen LogP contribution in [0.3, 0.4) is 0 Å². The van der Waals surface area contributed by atoms with Gasteiger partial charge in [-0.15, -0.1) is 0 Å². The number of nitrogens with one attached hydrogen (secondary N) is 4. The Morgan fingerprint density at radius 2 is 1.44 bits per heavy atom. The first-order valence-electron chi connectivity index (χ1n) is 16.9. The lowest BCUT2D eigenvalue weighted by Gasteiger charge is -2.38. The molecular formula is C34H56N6O8. The fourth-order valence-electron chi connectivity index (χ4n) is 5.73. The molecule has 0 heterocycles. The first-order chi connectivity index (χ1) is 22.9. The summed E-state index contributed by atoms with van der Waals surface area (Å²) in [5.74, 6) is -2.13. The van der Waals surface area contributed by atoms with Crippen LogP contribution in [0.1, 0.15) is 71.8 Å². The van der Waals surface area contributed by atoms with Crippen LogP contribution in [0.15, 0.2) is 30.3 Å². The zero-order valence-electron chi connectivity index (χ0n) is 29.6. The molecule has 14 nitrogen and oxygen atoms in total. The van der Waals surface area contributed by atoms with Crippen LogP contribution in [-0.4, -0.2) is 99.1 Å². The van der Waals surface area contributed by atoms with Gasteiger partial charge in [0.25, 0.3) is 11.8 Å². The Balaban J connectivity index is 2.56. The molecule has 14 heteroatoms. The lowest BCUT2D eigenvalue weighted by atomic mass is 9.89. The van der Waals surface area contributed by atoms with E-state index in [0.717, 1.165) is 42.7 Å². The number of methoxy groups -OCH3 is 2. The summed E-state index contributed by atoms with van der Waals surface area (Å²) in [7, 11) is 4.03. The van der Waals surface area contributed by atoms with Gasteiger partial charge >= 0.3 is 18.2 Å². The number of hydrazine groups is 1. The van der Waals surface area contributed by atoms with E-state index in [1.54, 1.807) is 25.9 Å². The summed E-state index contributed by atoms with van der Waals surface area (Å²) < 4.78 is 9.54. The highest BCUT2D eigenvalue weighted by atomic mass is 16.7. The SMILES string of the molecule is CNCC(=O)ON(C(=O)[C@@H](NC(=O)OC)C(C)C)[C@@H](CCc1ccccc1)CN(CC1CCCCC1)NC(=O)[C@@H](NC(=O)OC)C(C)C. The summed E-state index contributed by atoms with van der Waals surface area (Å²) in [6.45, 7) is 7.58. The molecule has 0 saturated heterocycles. The molecule has 1 aliphatic carbocycles. The Labute approximate surface area is 284 Å². The van der Waals surface area contributed by atoms with E-state index in [4.69, 9.17) is 14.3 Å². The zero-order chi connectivity index (χ0) is 35.6. The average molecular weight is 677 g/mol. The third-order valence-electron chi connectivity index (χ3n) is 8.38.